The largest absolute Gasteiger partial charge is 0.489 e. The van der Waals surface area contributed by atoms with Crippen LogP contribution in [0, 0.1) is 5.82 Å². The van der Waals surface area contributed by atoms with Crippen molar-refractivity contribution in [2.45, 2.75) is 17.3 Å². The first-order chi connectivity index (χ1) is 13.7. The van der Waals surface area contributed by atoms with Gasteiger partial charge in [-0.1, -0.05) is 41.6 Å². The van der Waals surface area contributed by atoms with Crippen LogP contribution >= 0.6 is 23.4 Å². The van der Waals surface area contributed by atoms with Gasteiger partial charge in [-0.3, -0.25) is 5.10 Å². The van der Waals surface area contributed by atoms with Crippen molar-refractivity contribution in [3.8, 4) is 11.5 Å². The number of halogens is 2. The van der Waals surface area contributed by atoms with Gasteiger partial charge in [-0.25, -0.2) is 9.37 Å². The Morgan fingerprint density at radius 3 is 2.82 bits per heavy atom. The van der Waals surface area contributed by atoms with E-state index in [1.165, 1.54) is 23.9 Å². The summed E-state index contributed by atoms with van der Waals surface area (Å²) in [4.78, 5) is 4.43. The summed E-state index contributed by atoms with van der Waals surface area (Å²) < 4.78 is 24.3. The smallest absolute Gasteiger partial charge is 0.209 e. The summed E-state index contributed by atoms with van der Waals surface area (Å²) in [6.45, 7) is 1.22. The van der Waals surface area contributed by atoms with Crippen LogP contribution in [0.3, 0.4) is 0 Å². The van der Waals surface area contributed by atoms with Gasteiger partial charge >= 0.3 is 0 Å². The maximum Gasteiger partial charge on any atom is 0.209 e. The lowest BCUT2D eigenvalue weighted by molar-refractivity contribution is 0.297. The van der Waals surface area contributed by atoms with Crippen molar-refractivity contribution in [2.24, 2.45) is 0 Å². The lowest BCUT2D eigenvalue weighted by Crippen LogP contribution is -1.97. The van der Waals surface area contributed by atoms with Gasteiger partial charge < -0.3 is 9.47 Å². The van der Waals surface area contributed by atoms with Crippen molar-refractivity contribution in [3.63, 3.8) is 0 Å². The third-order valence-electron chi connectivity index (χ3n) is 4.02. The van der Waals surface area contributed by atoms with E-state index in [9.17, 15) is 4.39 Å². The molecule has 1 aliphatic heterocycles. The molecule has 144 valence electrons. The molecule has 1 aliphatic rings. The van der Waals surface area contributed by atoms with Crippen LogP contribution in [0.25, 0.3) is 12.2 Å². The number of nitrogens with zero attached hydrogens (tertiary/aromatic N) is 2. The first-order valence-electron chi connectivity index (χ1n) is 8.74. The second-order valence-electron chi connectivity index (χ2n) is 6.13. The number of benzene rings is 2. The molecule has 0 bridgehead atoms. The number of thioether (sulfide) groups is 1. The van der Waals surface area contributed by atoms with Crippen LogP contribution in [0.15, 0.2) is 41.6 Å². The zero-order valence-electron chi connectivity index (χ0n) is 14.8. The first-order valence-corrected chi connectivity index (χ1v) is 10.1. The van der Waals surface area contributed by atoms with Gasteiger partial charge in [-0.15, -0.1) is 5.10 Å². The summed E-state index contributed by atoms with van der Waals surface area (Å²) in [7, 11) is 0. The minimum atomic E-state index is -0.259. The summed E-state index contributed by atoms with van der Waals surface area (Å²) in [5.74, 6) is 2.31. The first kappa shape index (κ1) is 18.8. The fourth-order valence-electron chi connectivity index (χ4n) is 2.66. The minimum absolute atomic E-state index is 0.259. The third kappa shape index (κ3) is 4.66. The molecule has 1 aromatic heterocycles. The summed E-state index contributed by atoms with van der Waals surface area (Å²) >= 11 is 7.82. The van der Waals surface area contributed by atoms with E-state index in [4.69, 9.17) is 21.1 Å². The molecule has 0 radical (unpaired) electrons. The molecule has 3 aromatic rings. The van der Waals surface area contributed by atoms with Gasteiger partial charge in [0.2, 0.25) is 5.16 Å². The second-order valence-corrected chi connectivity index (χ2v) is 7.48. The maximum absolute atomic E-state index is 12.9. The number of H-pyrrole nitrogens is 1. The third-order valence-corrected chi connectivity index (χ3v) is 5.21. The molecule has 5 nitrogen and oxygen atoms in total. The van der Waals surface area contributed by atoms with E-state index in [-0.39, 0.29) is 5.82 Å². The number of hydrogen-bond acceptors (Lipinski definition) is 5. The van der Waals surface area contributed by atoms with Gasteiger partial charge in [0, 0.05) is 12.2 Å². The zero-order valence-corrected chi connectivity index (χ0v) is 16.4. The van der Waals surface area contributed by atoms with E-state index >= 15 is 0 Å². The molecule has 0 spiro atoms. The highest BCUT2D eigenvalue weighted by molar-refractivity contribution is 7.98. The Balaban J connectivity index is 1.40. The van der Waals surface area contributed by atoms with Gasteiger partial charge in [-0.05, 0) is 41.5 Å². The predicted molar refractivity (Wildman–Crippen MR) is 108 cm³/mol. The number of aromatic amines is 1. The number of fused-ring (bicyclic) bond motifs is 1. The topological polar surface area (TPSA) is 60.0 Å². The van der Waals surface area contributed by atoms with Gasteiger partial charge in [-0.2, -0.15) is 0 Å². The predicted octanol–water partition coefficient (Wildman–Crippen LogP) is 5.22. The van der Waals surface area contributed by atoms with Crippen LogP contribution in [-0.4, -0.2) is 28.4 Å². The standard InChI is InChI=1S/C20H17ClFN3O2S/c21-16-10-14(11-17-19(16)27-9-1-8-26-17)12-28-20-23-18(24-25-20)7-4-13-2-5-15(22)6-3-13/h2-7,10-11H,1,8-9,12H2,(H,23,24,25)/b7-4+. The average molecular weight is 418 g/mol. The van der Waals surface area contributed by atoms with Gasteiger partial charge in [0.15, 0.2) is 11.5 Å². The molecule has 0 unspecified atom stereocenters. The fourth-order valence-corrected chi connectivity index (χ4v) is 3.69. The van der Waals surface area contributed by atoms with Crippen molar-refractivity contribution in [3.05, 3.63) is 64.2 Å². The Morgan fingerprint density at radius 1 is 1.14 bits per heavy atom. The monoisotopic (exact) mass is 417 g/mol. The summed E-state index contributed by atoms with van der Waals surface area (Å²) in [6.07, 6.45) is 4.48. The van der Waals surface area contributed by atoms with Crippen molar-refractivity contribution < 1.29 is 13.9 Å². The number of rotatable bonds is 5. The Bertz CT molecular complexity index is 992. The Labute approximate surface area is 170 Å². The Morgan fingerprint density at radius 2 is 1.96 bits per heavy atom. The minimum Gasteiger partial charge on any atom is -0.489 e. The molecule has 1 N–H and O–H groups in total. The Hall–Kier alpha value is -2.51. The van der Waals surface area contributed by atoms with Gasteiger partial charge in [0.1, 0.15) is 11.6 Å². The molecular formula is C20H17ClFN3O2S. The highest BCUT2D eigenvalue weighted by Crippen LogP contribution is 2.39. The SMILES string of the molecule is Fc1ccc(/C=C/c2nc(SCc3cc(Cl)c4c(c3)OCCCO4)n[nH]2)cc1. The average Bonchev–Trinajstić information content (AvgIpc) is 3.01. The number of hydrogen-bond donors (Lipinski definition) is 1. The molecule has 0 saturated carbocycles. The Kier molecular flexibility index (Phi) is 5.83. The molecular weight excluding hydrogens is 401 g/mol. The molecule has 0 saturated heterocycles. The number of aromatic nitrogens is 3. The van der Waals surface area contributed by atoms with Crippen LogP contribution in [0.5, 0.6) is 11.5 Å². The molecule has 0 aliphatic carbocycles. The molecule has 0 fully saturated rings. The van der Waals surface area contributed by atoms with E-state index in [1.807, 2.05) is 18.2 Å². The van der Waals surface area contributed by atoms with E-state index in [2.05, 4.69) is 15.2 Å². The van der Waals surface area contributed by atoms with E-state index in [0.717, 1.165) is 17.5 Å². The molecule has 8 heteroatoms. The quantitative estimate of drug-likeness (QED) is 0.576. The van der Waals surface area contributed by atoms with Crippen LogP contribution in [-0.2, 0) is 5.75 Å². The fraction of sp³-hybridized carbons (Fsp3) is 0.200. The van der Waals surface area contributed by atoms with Crippen LogP contribution in [0.2, 0.25) is 5.02 Å². The van der Waals surface area contributed by atoms with Crippen LogP contribution in [0.1, 0.15) is 23.4 Å². The number of ether oxygens (including phenoxy) is 2. The van der Waals surface area contributed by atoms with Gasteiger partial charge in [0.25, 0.3) is 0 Å². The van der Waals surface area contributed by atoms with Crippen molar-refractivity contribution in [1.82, 2.24) is 15.2 Å². The van der Waals surface area contributed by atoms with Crippen molar-refractivity contribution >= 4 is 35.5 Å². The zero-order chi connectivity index (χ0) is 19.3. The molecule has 2 aromatic carbocycles. The molecule has 0 atom stereocenters. The number of nitrogens with one attached hydrogen (secondary N) is 1. The molecule has 28 heavy (non-hydrogen) atoms. The highest BCUT2D eigenvalue weighted by Gasteiger charge is 2.16. The summed E-state index contributed by atoms with van der Waals surface area (Å²) in [6, 6.07) is 10.1. The maximum atomic E-state index is 12.9. The second kappa shape index (κ2) is 8.67. The van der Waals surface area contributed by atoms with E-state index < -0.39 is 0 Å². The molecule has 4 rings (SSSR count). The lowest BCUT2D eigenvalue weighted by Gasteiger charge is -2.11. The van der Waals surface area contributed by atoms with Crippen molar-refractivity contribution in [2.75, 3.05) is 13.2 Å². The summed E-state index contributed by atoms with van der Waals surface area (Å²) in [5.41, 5.74) is 1.89. The van der Waals surface area contributed by atoms with E-state index in [1.54, 1.807) is 18.2 Å². The summed E-state index contributed by atoms with van der Waals surface area (Å²) in [5, 5.41) is 8.26. The van der Waals surface area contributed by atoms with Crippen molar-refractivity contribution in [1.29, 1.82) is 0 Å². The van der Waals surface area contributed by atoms with Crippen LogP contribution < -0.4 is 9.47 Å². The highest BCUT2D eigenvalue weighted by atomic mass is 35.5. The van der Waals surface area contributed by atoms with Crippen LogP contribution in [0.4, 0.5) is 4.39 Å². The normalized spacial score (nSPS) is 13.6. The molecule has 2 heterocycles. The van der Waals surface area contributed by atoms with Gasteiger partial charge in [0.05, 0.1) is 18.2 Å². The lowest BCUT2D eigenvalue weighted by atomic mass is 10.2. The van der Waals surface area contributed by atoms with E-state index in [0.29, 0.717) is 46.5 Å². The molecule has 0 amide bonds.